The van der Waals surface area contributed by atoms with Gasteiger partial charge in [0, 0.05) is 6.20 Å². The Morgan fingerprint density at radius 1 is 1.25 bits per heavy atom. The minimum Gasteiger partial charge on any atom is -0.318 e. The number of fused-ring (bicyclic) bond motifs is 1. The van der Waals surface area contributed by atoms with Gasteiger partial charge in [0.25, 0.3) is 5.91 Å². The van der Waals surface area contributed by atoms with Gasteiger partial charge in [-0.1, -0.05) is 42.6 Å². The van der Waals surface area contributed by atoms with Crippen molar-refractivity contribution < 1.29 is 4.79 Å². The van der Waals surface area contributed by atoms with Crippen molar-refractivity contribution >= 4 is 40.4 Å². The quantitative estimate of drug-likeness (QED) is 0.697. The van der Waals surface area contributed by atoms with Gasteiger partial charge in [-0.15, -0.1) is 0 Å². The van der Waals surface area contributed by atoms with Crippen molar-refractivity contribution in [1.82, 2.24) is 9.38 Å². The zero-order chi connectivity index (χ0) is 17.3. The number of anilines is 1. The number of pyridine rings is 1. The van der Waals surface area contributed by atoms with Gasteiger partial charge in [0.15, 0.2) is 0 Å². The fourth-order valence-electron chi connectivity index (χ4n) is 2.64. The molecule has 0 fully saturated rings. The van der Waals surface area contributed by atoms with Gasteiger partial charge in [0.05, 0.1) is 21.4 Å². The first-order valence-corrected chi connectivity index (χ1v) is 8.49. The molecule has 4 nitrogen and oxygen atoms in total. The van der Waals surface area contributed by atoms with Gasteiger partial charge in [-0.2, -0.15) is 0 Å². The molecule has 0 saturated heterocycles. The summed E-state index contributed by atoms with van der Waals surface area (Å²) in [6, 6.07) is 9.02. The zero-order valence-corrected chi connectivity index (χ0v) is 14.9. The summed E-state index contributed by atoms with van der Waals surface area (Å²) in [6.07, 6.45) is 3.48. The highest BCUT2D eigenvalue weighted by molar-refractivity contribution is 6.40. The molecule has 0 aliphatic heterocycles. The summed E-state index contributed by atoms with van der Waals surface area (Å²) in [7, 11) is 0. The average Bonchev–Trinajstić information content (AvgIpc) is 2.88. The van der Waals surface area contributed by atoms with Gasteiger partial charge in [-0.25, -0.2) is 4.98 Å². The van der Waals surface area contributed by atoms with E-state index in [1.807, 2.05) is 25.3 Å². The number of amides is 1. The number of hydrogen-bond acceptors (Lipinski definition) is 2. The lowest BCUT2D eigenvalue weighted by molar-refractivity contribution is 0.102. The Bertz CT molecular complexity index is 898. The molecule has 0 saturated carbocycles. The molecular formula is C18H17Cl2N3O. The number of halogens is 2. The molecule has 0 atom stereocenters. The van der Waals surface area contributed by atoms with Crippen molar-refractivity contribution in [3.05, 3.63) is 63.5 Å². The summed E-state index contributed by atoms with van der Waals surface area (Å²) < 4.78 is 1.80. The molecule has 2 heterocycles. The number of benzene rings is 1. The normalized spacial score (nSPS) is 11.0. The zero-order valence-electron chi connectivity index (χ0n) is 13.4. The Morgan fingerprint density at radius 3 is 2.62 bits per heavy atom. The van der Waals surface area contributed by atoms with Crippen LogP contribution < -0.4 is 5.32 Å². The second-order valence-corrected chi connectivity index (χ2v) is 6.45. The predicted molar refractivity (Wildman–Crippen MR) is 98.3 cm³/mol. The van der Waals surface area contributed by atoms with Crippen LogP contribution in [-0.4, -0.2) is 15.3 Å². The summed E-state index contributed by atoms with van der Waals surface area (Å²) in [5, 5.41) is 3.62. The SMILES string of the molecule is CCCc1nc2cc(C)ccn2c1C(=O)Nc1c(Cl)cccc1Cl. The number of nitrogens with zero attached hydrogens (tertiary/aromatic N) is 2. The number of para-hydroxylation sites is 1. The van der Waals surface area contributed by atoms with Crippen molar-refractivity contribution in [2.45, 2.75) is 26.7 Å². The molecular weight excluding hydrogens is 345 g/mol. The van der Waals surface area contributed by atoms with Crippen LogP contribution in [-0.2, 0) is 6.42 Å². The minimum absolute atomic E-state index is 0.273. The molecule has 0 aliphatic carbocycles. The lowest BCUT2D eigenvalue weighted by atomic mass is 10.2. The molecule has 0 aliphatic rings. The third-order valence-corrected chi connectivity index (χ3v) is 4.39. The first kappa shape index (κ1) is 16.8. The maximum Gasteiger partial charge on any atom is 0.274 e. The molecule has 1 aromatic carbocycles. The Kier molecular flexibility index (Phi) is 4.78. The molecule has 0 unspecified atom stereocenters. The van der Waals surface area contributed by atoms with E-state index < -0.39 is 0 Å². The summed E-state index contributed by atoms with van der Waals surface area (Å²) in [5.74, 6) is -0.273. The van der Waals surface area contributed by atoms with Crippen molar-refractivity contribution in [2.24, 2.45) is 0 Å². The van der Waals surface area contributed by atoms with Crippen LogP contribution in [0.1, 0.15) is 35.1 Å². The van der Waals surface area contributed by atoms with Crippen molar-refractivity contribution in [3.8, 4) is 0 Å². The van der Waals surface area contributed by atoms with Gasteiger partial charge in [0.1, 0.15) is 11.3 Å². The second-order valence-electron chi connectivity index (χ2n) is 5.64. The number of nitrogens with one attached hydrogen (secondary N) is 1. The molecule has 3 aromatic rings. The number of carbonyl (C=O) groups is 1. The maximum absolute atomic E-state index is 12.9. The van der Waals surface area contributed by atoms with Crippen molar-refractivity contribution in [1.29, 1.82) is 0 Å². The van der Waals surface area contributed by atoms with E-state index in [0.717, 1.165) is 29.7 Å². The second kappa shape index (κ2) is 6.83. The first-order chi connectivity index (χ1) is 11.5. The third-order valence-electron chi connectivity index (χ3n) is 3.76. The Hall–Kier alpha value is -2.04. The molecule has 2 aromatic heterocycles. The van der Waals surface area contributed by atoms with Crippen LogP contribution in [0.4, 0.5) is 5.69 Å². The van der Waals surface area contributed by atoms with E-state index in [0.29, 0.717) is 21.4 Å². The van der Waals surface area contributed by atoms with Crippen LogP contribution in [0.25, 0.3) is 5.65 Å². The Balaban J connectivity index is 2.07. The molecule has 0 bridgehead atoms. The van der Waals surface area contributed by atoms with Crippen LogP contribution >= 0.6 is 23.2 Å². The molecule has 1 N–H and O–H groups in total. The lowest BCUT2D eigenvalue weighted by Crippen LogP contribution is -2.17. The average molecular weight is 362 g/mol. The smallest absolute Gasteiger partial charge is 0.274 e. The molecule has 0 radical (unpaired) electrons. The number of aryl methyl sites for hydroxylation is 2. The lowest BCUT2D eigenvalue weighted by Gasteiger charge is -2.10. The van der Waals surface area contributed by atoms with Gasteiger partial charge in [0.2, 0.25) is 0 Å². The first-order valence-electron chi connectivity index (χ1n) is 7.74. The molecule has 1 amide bonds. The number of rotatable bonds is 4. The largest absolute Gasteiger partial charge is 0.318 e. The summed E-state index contributed by atoms with van der Waals surface area (Å²) in [4.78, 5) is 17.5. The van der Waals surface area contributed by atoms with E-state index in [2.05, 4.69) is 17.2 Å². The summed E-state index contributed by atoms with van der Waals surface area (Å²) >= 11 is 12.3. The number of imidazole rings is 1. The highest BCUT2D eigenvalue weighted by atomic mass is 35.5. The highest BCUT2D eigenvalue weighted by Gasteiger charge is 2.20. The van der Waals surface area contributed by atoms with Gasteiger partial charge >= 0.3 is 0 Å². The minimum atomic E-state index is -0.273. The molecule has 6 heteroatoms. The number of hydrogen-bond donors (Lipinski definition) is 1. The van der Waals surface area contributed by atoms with E-state index >= 15 is 0 Å². The summed E-state index contributed by atoms with van der Waals surface area (Å²) in [6.45, 7) is 4.05. The third kappa shape index (κ3) is 3.12. The van der Waals surface area contributed by atoms with E-state index in [9.17, 15) is 4.79 Å². The van der Waals surface area contributed by atoms with Crippen LogP contribution in [0, 0.1) is 6.92 Å². The Labute approximate surface area is 150 Å². The maximum atomic E-state index is 12.9. The van der Waals surface area contributed by atoms with Crippen molar-refractivity contribution in [3.63, 3.8) is 0 Å². The summed E-state index contributed by atoms with van der Waals surface area (Å²) in [5.41, 5.74) is 3.55. The Morgan fingerprint density at radius 2 is 1.96 bits per heavy atom. The molecule has 3 rings (SSSR count). The van der Waals surface area contributed by atoms with Crippen LogP contribution in [0.15, 0.2) is 36.5 Å². The van der Waals surface area contributed by atoms with E-state index in [4.69, 9.17) is 23.2 Å². The molecule has 0 spiro atoms. The topological polar surface area (TPSA) is 46.4 Å². The van der Waals surface area contributed by atoms with Gasteiger partial charge < -0.3 is 5.32 Å². The predicted octanol–water partition coefficient (Wildman–Crippen LogP) is 5.15. The van der Waals surface area contributed by atoms with Gasteiger partial charge in [-0.05, 0) is 43.2 Å². The number of aromatic nitrogens is 2. The fraction of sp³-hybridized carbons (Fsp3) is 0.222. The highest BCUT2D eigenvalue weighted by Crippen LogP contribution is 2.30. The van der Waals surface area contributed by atoms with E-state index in [1.54, 1.807) is 22.6 Å². The molecule has 124 valence electrons. The van der Waals surface area contributed by atoms with Crippen LogP contribution in [0.5, 0.6) is 0 Å². The monoisotopic (exact) mass is 361 g/mol. The van der Waals surface area contributed by atoms with E-state index in [-0.39, 0.29) is 5.91 Å². The fourth-order valence-corrected chi connectivity index (χ4v) is 3.13. The van der Waals surface area contributed by atoms with Crippen LogP contribution in [0.3, 0.4) is 0 Å². The van der Waals surface area contributed by atoms with E-state index in [1.165, 1.54) is 0 Å². The van der Waals surface area contributed by atoms with Gasteiger partial charge in [-0.3, -0.25) is 9.20 Å². The van der Waals surface area contributed by atoms with Crippen molar-refractivity contribution in [2.75, 3.05) is 5.32 Å². The molecule has 24 heavy (non-hydrogen) atoms. The standard InChI is InChI=1S/C18H17Cl2N3O/c1-3-5-14-17(23-9-8-11(2)10-15(23)21-14)18(24)22-16-12(19)6-4-7-13(16)20/h4,6-10H,3,5H2,1-2H3,(H,22,24). The number of carbonyl (C=O) groups excluding carboxylic acids is 1. The van der Waals surface area contributed by atoms with Crippen LogP contribution in [0.2, 0.25) is 10.0 Å².